The lowest BCUT2D eigenvalue weighted by molar-refractivity contribution is 0.181. The molecule has 5 heteroatoms. The van der Waals surface area contributed by atoms with E-state index in [1.54, 1.807) is 18.9 Å². The number of hydrogen-bond donors (Lipinski definition) is 1. The van der Waals surface area contributed by atoms with Crippen LogP contribution < -0.4 is 10.1 Å². The third kappa shape index (κ3) is 3.82. The summed E-state index contributed by atoms with van der Waals surface area (Å²) in [6, 6.07) is 6.16. The van der Waals surface area contributed by atoms with Crippen molar-refractivity contribution in [3.05, 3.63) is 47.3 Å². The Morgan fingerprint density at radius 1 is 1.20 bits per heavy atom. The van der Waals surface area contributed by atoms with Crippen molar-refractivity contribution in [2.24, 2.45) is 7.05 Å². The normalized spacial score (nSPS) is 10.8. The zero-order valence-electron chi connectivity index (χ0n) is 12.2. The first-order valence-corrected chi connectivity index (χ1v) is 6.56. The molecule has 0 unspecified atom stereocenters. The van der Waals surface area contributed by atoms with E-state index in [1.165, 1.54) is 11.1 Å². The van der Waals surface area contributed by atoms with Crippen LogP contribution in [0.5, 0.6) is 5.75 Å². The minimum atomic E-state index is 0.555. The maximum absolute atomic E-state index is 5.32. The Morgan fingerprint density at radius 3 is 2.65 bits per heavy atom. The lowest BCUT2D eigenvalue weighted by Crippen LogP contribution is -2.12. The number of nitrogens with zero attached hydrogens (tertiary/aromatic N) is 2. The van der Waals surface area contributed by atoms with E-state index in [1.807, 2.05) is 25.5 Å². The highest BCUT2D eigenvalue weighted by Crippen LogP contribution is 2.20. The molecule has 20 heavy (non-hydrogen) atoms. The van der Waals surface area contributed by atoms with Crippen molar-refractivity contribution >= 4 is 0 Å². The lowest BCUT2D eigenvalue weighted by Gasteiger charge is -2.10. The van der Waals surface area contributed by atoms with Gasteiger partial charge in [-0.15, -0.1) is 0 Å². The summed E-state index contributed by atoms with van der Waals surface area (Å²) in [5.41, 5.74) is 3.45. The van der Waals surface area contributed by atoms with Crippen molar-refractivity contribution in [1.29, 1.82) is 0 Å². The second kappa shape index (κ2) is 7.07. The van der Waals surface area contributed by atoms with Gasteiger partial charge in [0.2, 0.25) is 0 Å². The van der Waals surface area contributed by atoms with Crippen LogP contribution in [0.15, 0.2) is 30.6 Å². The van der Waals surface area contributed by atoms with Crippen molar-refractivity contribution in [2.75, 3.05) is 14.2 Å². The molecule has 5 nitrogen and oxygen atoms in total. The highest BCUT2D eigenvalue weighted by molar-refractivity contribution is 5.36. The number of benzene rings is 1. The predicted octanol–water partition coefficient (Wildman–Crippen LogP) is 1.86. The van der Waals surface area contributed by atoms with Crippen molar-refractivity contribution < 1.29 is 9.47 Å². The number of aryl methyl sites for hydroxylation is 1. The molecule has 1 aromatic carbocycles. The van der Waals surface area contributed by atoms with Gasteiger partial charge in [0.1, 0.15) is 5.75 Å². The molecule has 0 amide bonds. The second-order valence-corrected chi connectivity index (χ2v) is 4.71. The van der Waals surface area contributed by atoms with E-state index in [9.17, 15) is 0 Å². The summed E-state index contributed by atoms with van der Waals surface area (Å²) in [6.07, 6.45) is 3.88. The molecule has 108 valence electrons. The van der Waals surface area contributed by atoms with Gasteiger partial charge in [-0.3, -0.25) is 4.68 Å². The molecule has 0 aliphatic carbocycles. The predicted molar refractivity (Wildman–Crippen MR) is 77.5 cm³/mol. The number of hydrogen-bond acceptors (Lipinski definition) is 4. The Bertz CT molecular complexity index is 552. The number of nitrogens with one attached hydrogen (secondary N) is 1. The molecule has 1 heterocycles. The molecular weight excluding hydrogens is 254 g/mol. The molecule has 0 atom stereocenters. The quantitative estimate of drug-likeness (QED) is 0.838. The second-order valence-electron chi connectivity index (χ2n) is 4.71. The maximum Gasteiger partial charge on any atom is 0.124 e. The topological polar surface area (TPSA) is 48.3 Å². The molecular formula is C15H21N3O2. The Morgan fingerprint density at radius 2 is 2.00 bits per heavy atom. The largest absolute Gasteiger partial charge is 0.496 e. The molecule has 0 saturated heterocycles. The first-order chi connectivity index (χ1) is 9.72. The number of rotatable bonds is 7. The van der Waals surface area contributed by atoms with Crippen LogP contribution in [0.4, 0.5) is 0 Å². The molecule has 2 rings (SSSR count). The molecule has 0 aliphatic rings. The molecule has 0 bridgehead atoms. The van der Waals surface area contributed by atoms with Crippen LogP contribution in [-0.4, -0.2) is 24.0 Å². The summed E-state index contributed by atoms with van der Waals surface area (Å²) in [4.78, 5) is 0. The van der Waals surface area contributed by atoms with E-state index >= 15 is 0 Å². The Labute approximate surface area is 119 Å². The first kappa shape index (κ1) is 14.6. The fourth-order valence-electron chi connectivity index (χ4n) is 2.12. The highest BCUT2D eigenvalue weighted by Gasteiger charge is 2.04. The van der Waals surface area contributed by atoms with Crippen LogP contribution in [0, 0.1) is 0 Å². The number of ether oxygens (including phenoxy) is 2. The monoisotopic (exact) mass is 275 g/mol. The molecule has 0 spiro atoms. The fourth-order valence-corrected chi connectivity index (χ4v) is 2.12. The van der Waals surface area contributed by atoms with Crippen molar-refractivity contribution in [3.63, 3.8) is 0 Å². The van der Waals surface area contributed by atoms with E-state index < -0.39 is 0 Å². The summed E-state index contributed by atoms with van der Waals surface area (Å²) in [5, 5.41) is 7.55. The molecule has 1 N–H and O–H groups in total. The zero-order chi connectivity index (χ0) is 14.4. The third-order valence-corrected chi connectivity index (χ3v) is 3.06. The minimum Gasteiger partial charge on any atom is -0.496 e. The van der Waals surface area contributed by atoms with Gasteiger partial charge >= 0.3 is 0 Å². The van der Waals surface area contributed by atoms with Gasteiger partial charge in [-0.1, -0.05) is 6.07 Å². The SMILES string of the molecule is COCc1cc(CNCc2cnn(C)c2)ccc1OC. The standard InChI is InChI=1S/C15H21N3O2/c1-18-10-13(9-17-18)8-16-7-12-4-5-15(20-3)14(6-12)11-19-2/h4-6,9-10,16H,7-8,11H2,1-3H3. The van der Waals surface area contributed by atoms with Gasteiger partial charge in [-0.2, -0.15) is 5.10 Å². The van der Waals surface area contributed by atoms with Crippen molar-refractivity contribution in [3.8, 4) is 5.75 Å². The maximum atomic E-state index is 5.32. The van der Waals surface area contributed by atoms with Gasteiger partial charge in [0.25, 0.3) is 0 Å². The fraction of sp³-hybridized carbons (Fsp3) is 0.400. The highest BCUT2D eigenvalue weighted by atomic mass is 16.5. The molecule has 1 aromatic heterocycles. The average Bonchev–Trinajstić information content (AvgIpc) is 2.85. The number of methoxy groups -OCH3 is 2. The van der Waals surface area contributed by atoms with Crippen LogP contribution in [0.2, 0.25) is 0 Å². The van der Waals surface area contributed by atoms with Crippen LogP contribution in [0.1, 0.15) is 16.7 Å². The summed E-state index contributed by atoms with van der Waals surface area (Å²) in [6.45, 7) is 2.16. The van der Waals surface area contributed by atoms with Gasteiger partial charge < -0.3 is 14.8 Å². The molecule has 0 aliphatic heterocycles. The van der Waals surface area contributed by atoms with Crippen LogP contribution in [-0.2, 0) is 31.5 Å². The summed E-state index contributed by atoms with van der Waals surface area (Å²) >= 11 is 0. The Balaban J connectivity index is 1.93. The third-order valence-electron chi connectivity index (χ3n) is 3.06. The van der Waals surface area contributed by atoms with Gasteiger partial charge in [0, 0.05) is 44.6 Å². The Kier molecular flexibility index (Phi) is 5.15. The Hall–Kier alpha value is -1.85. The van der Waals surface area contributed by atoms with Crippen molar-refractivity contribution in [1.82, 2.24) is 15.1 Å². The van der Waals surface area contributed by atoms with E-state index in [-0.39, 0.29) is 0 Å². The summed E-state index contributed by atoms with van der Waals surface area (Å²) < 4.78 is 12.3. The van der Waals surface area contributed by atoms with Gasteiger partial charge in [-0.25, -0.2) is 0 Å². The van der Waals surface area contributed by atoms with E-state index in [0.29, 0.717) is 6.61 Å². The molecule has 2 aromatic rings. The summed E-state index contributed by atoms with van der Waals surface area (Å²) in [7, 11) is 5.28. The van der Waals surface area contributed by atoms with Crippen LogP contribution >= 0.6 is 0 Å². The van der Waals surface area contributed by atoms with Gasteiger partial charge in [0.05, 0.1) is 19.9 Å². The van der Waals surface area contributed by atoms with Gasteiger partial charge in [-0.05, 0) is 17.7 Å². The van der Waals surface area contributed by atoms with Crippen molar-refractivity contribution in [2.45, 2.75) is 19.7 Å². The molecule has 0 fully saturated rings. The van der Waals surface area contributed by atoms with E-state index in [0.717, 1.165) is 24.4 Å². The van der Waals surface area contributed by atoms with Crippen LogP contribution in [0.3, 0.4) is 0 Å². The molecule has 0 radical (unpaired) electrons. The van der Waals surface area contributed by atoms with E-state index in [4.69, 9.17) is 9.47 Å². The minimum absolute atomic E-state index is 0.555. The van der Waals surface area contributed by atoms with E-state index in [2.05, 4.69) is 22.5 Å². The first-order valence-electron chi connectivity index (χ1n) is 6.56. The summed E-state index contributed by atoms with van der Waals surface area (Å²) in [5.74, 6) is 0.864. The lowest BCUT2D eigenvalue weighted by atomic mass is 10.1. The van der Waals surface area contributed by atoms with Gasteiger partial charge in [0.15, 0.2) is 0 Å². The average molecular weight is 275 g/mol. The number of aromatic nitrogens is 2. The van der Waals surface area contributed by atoms with Crippen LogP contribution in [0.25, 0.3) is 0 Å². The molecule has 0 saturated carbocycles. The smallest absolute Gasteiger partial charge is 0.124 e. The zero-order valence-corrected chi connectivity index (χ0v) is 12.2.